The summed E-state index contributed by atoms with van der Waals surface area (Å²) in [5.41, 5.74) is 0.859. The molecule has 0 saturated heterocycles. The summed E-state index contributed by atoms with van der Waals surface area (Å²) >= 11 is 0. The molecule has 18 heavy (non-hydrogen) atoms. The van der Waals surface area contributed by atoms with E-state index in [2.05, 4.69) is 15.4 Å². The Morgan fingerprint density at radius 2 is 2.22 bits per heavy atom. The third-order valence-corrected chi connectivity index (χ3v) is 2.69. The second-order valence-electron chi connectivity index (χ2n) is 4.28. The Labute approximate surface area is 104 Å². The number of aliphatic hydroxyl groups excluding tert-OH is 1. The minimum absolute atomic E-state index is 0.00870. The highest BCUT2D eigenvalue weighted by molar-refractivity contribution is 5.17. The summed E-state index contributed by atoms with van der Waals surface area (Å²) < 4.78 is 13.1. The maximum atomic E-state index is 13.1. The van der Waals surface area contributed by atoms with Gasteiger partial charge in [-0.1, -0.05) is 12.1 Å². The SMILES string of the molecule is Cn1nnc(CC(CO)Cc2cccc(F)c2)n1. The lowest BCUT2D eigenvalue weighted by Crippen LogP contribution is -2.14. The van der Waals surface area contributed by atoms with Gasteiger partial charge in [0.2, 0.25) is 0 Å². The van der Waals surface area contributed by atoms with E-state index in [1.165, 1.54) is 16.9 Å². The standard InChI is InChI=1S/C12H15FN4O/c1-17-15-12(14-16-17)7-10(8-18)5-9-3-2-4-11(13)6-9/h2-4,6,10,18H,5,7-8H2,1H3. The van der Waals surface area contributed by atoms with Gasteiger partial charge in [0.1, 0.15) is 5.82 Å². The maximum Gasteiger partial charge on any atom is 0.175 e. The lowest BCUT2D eigenvalue weighted by atomic mass is 9.97. The fourth-order valence-electron chi connectivity index (χ4n) is 1.86. The van der Waals surface area contributed by atoms with Crippen LogP contribution >= 0.6 is 0 Å². The van der Waals surface area contributed by atoms with Crippen molar-refractivity contribution in [3.8, 4) is 0 Å². The Morgan fingerprint density at radius 1 is 1.39 bits per heavy atom. The van der Waals surface area contributed by atoms with Crippen LogP contribution in [-0.2, 0) is 19.9 Å². The molecule has 0 fully saturated rings. The molecule has 1 N–H and O–H groups in total. The molecule has 0 aliphatic rings. The average Bonchev–Trinajstić information content (AvgIpc) is 2.74. The first-order valence-corrected chi connectivity index (χ1v) is 5.75. The van der Waals surface area contributed by atoms with Gasteiger partial charge in [0, 0.05) is 13.0 Å². The molecular weight excluding hydrogens is 235 g/mol. The third-order valence-electron chi connectivity index (χ3n) is 2.69. The first-order chi connectivity index (χ1) is 8.67. The predicted molar refractivity (Wildman–Crippen MR) is 63.2 cm³/mol. The lowest BCUT2D eigenvalue weighted by molar-refractivity contribution is 0.223. The van der Waals surface area contributed by atoms with Crippen molar-refractivity contribution in [2.75, 3.05) is 6.61 Å². The van der Waals surface area contributed by atoms with Gasteiger partial charge in [-0.2, -0.15) is 4.80 Å². The molecule has 0 aliphatic carbocycles. The average molecular weight is 250 g/mol. The van der Waals surface area contributed by atoms with Crippen molar-refractivity contribution in [3.05, 3.63) is 41.5 Å². The molecule has 0 aliphatic heterocycles. The van der Waals surface area contributed by atoms with E-state index in [4.69, 9.17) is 0 Å². The molecule has 0 amide bonds. The summed E-state index contributed by atoms with van der Waals surface area (Å²) in [6.45, 7) is 0.00870. The van der Waals surface area contributed by atoms with Gasteiger partial charge in [-0.05, 0) is 35.2 Å². The highest BCUT2D eigenvalue weighted by Gasteiger charge is 2.13. The van der Waals surface area contributed by atoms with Gasteiger partial charge >= 0.3 is 0 Å². The van der Waals surface area contributed by atoms with Crippen LogP contribution in [0.1, 0.15) is 11.4 Å². The number of tetrazole rings is 1. The molecule has 96 valence electrons. The molecule has 2 aromatic rings. The predicted octanol–water partition coefficient (Wildman–Crippen LogP) is 0.743. The van der Waals surface area contributed by atoms with E-state index in [0.29, 0.717) is 18.7 Å². The van der Waals surface area contributed by atoms with Crippen molar-refractivity contribution < 1.29 is 9.50 Å². The van der Waals surface area contributed by atoms with Crippen LogP contribution in [-0.4, -0.2) is 31.9 Å². The first-order valence-electron chi connectivity index (χ1n) is 5.75. The molecule has 1 unspecified atom stereocenters. The van der Waals surface area contributed by atoms with Crippen LogP contribution in [0.3, 0.4) is 0 Å². The van der Waals surface area contributed by atoms with Gasteiger partial charge in [0.05, 0.1) is 7.05 Å². The zero-order valence-electron chi connectivity index (χ0n) is 10.1. The Kier molecular flexibility index (Phi) is 3.99. The van der Waals surface area contributed by atoms with Crippen molar-refractivity contribution in [1.82, 2.24) is 20.2 Å². The Hall–Kier alpha value is -1.82. The summed E-state index contributed by atoms with van der Waals surface area (Å²) in [5, 5.41) is 21.0. The van der Waals surface area contributed by atoms with E-state index in [0.717, 1.165) is 5.56 Å². The third kappa shape index (κ3) is 3.33. The van der Waals surface area contributed by atoms with Gasteiger partial charge < -0.3 is 5.11 Å². The molecule has 0 spiro atoms. The summed E-state index contributed by atoms with van der Waals surface area (Å²) in [7, 11) is 1.69. The van der Waals surface area contributed by atoms with Crippen LogP contribution in [0, 0.1) is 11.7 Å². The number of rotatable bonds is 5. The second kappa shape index (κ2) is 5.68. The van der Waals surface area contributed by atoms with E-state index in [9.17, 15) is 9.50 Å². The lowest BCUT2D eigenvalue weighted by Gasteiger charge is -2.11. The summed E-state index contributed by atoms with van der Waals surface area (Å²) in [6, 6.07) is 6.39. The summed E-state index contributed by atoms with van der Waals surface area (Å²) in [6.07, 6.45) is 1.12. The van der Waals surface area contributed by atoms with E-state index in [1.54, 1.807) is 13.1 Å². The van der Waals surface area contributed by atoms with Gasteiger partial charge in [0.15, 0.2) is 5.82 Å². The number of aryl methyl sites for hydroxylation is 1. The van der Waals surface area contributed by atoms with E-state index in [-0.39, 0.29) is 18.3 Å². The molecule has 1 aromatic heterocycles. The molecule has 0 radical (unpaired) electrons. The van der Waals surface area contributed by atoms with Gasteiger partial charge in [-0.25, -0.2) is 4.39 Å². The highest BCUT2D eigenvalue weighted by atomic mass is 19.1. The largest absolute Gasteiger partial charge is 0.396 e. The molecule has 0 saturated carbocycles. The first kappa shape index (κ1) is 12.6. The van der Waals surface area contributed by atoms with Crippen LogP contribution in [0.25, 0.3) is 0 Å². The molecule has 2 rings (SSSR count). The molecule has 1 atom stereocenters. The number of benzene rings is 1. The number of nitrogens with zero attached hydrogens (tertiary/aromatic N) is 4. The number of hydrogen-bond acceptors (Lipinski definition) is 4. The number of aromatic nitrogens is 4. The van der Waals surface area contributed by atoms with Crippen LogP contribution < -0.4 is 0 Å². The Bertz CT molecular complexity index is 514. The zero-order chi connectivity index (χ0) is 13.0. The normalized spacial score (nSPS) is 12.6. The minimum atomic E-state index is -0.262. The molecular formula is C12H15FN4O. The van der Waals surface area contributed by atoms with Crippen LogP contribution in [0.15, 0.2) is 24.3 Å². The smallest absolute Gasteiger partial charge is 0.175 e. The molecule has 5 nitrogen and oxygen atoms in total. The Balaban J connectivity index is 2.01. The summed E-state index contributed by atoms with van der Waals surface area (Å²) in [5.74, 6) is 0.297. The van der Waals surface area contributed by atoms with Gasteiger partial charge in [0.25, 0.3) is 0 Å². The molecule has 6 heteroatoms. The second-order valence-corrected chi connectivity index (χ2v) is 4.28. The molecule has 0 bridgehead atoms. The van der Waals surface area contributed by atoms with Gasteiger partial charge in [-0.15, -0.1) is 10.2 Å². The van der Waals surface area contributed by atoms with E-state index >= 15 is 0 Å². The minimum Gasteiger partial charge on any atom is -0.396 e. The molecule has 1 aromatic carbocycles. The number of aliphatic hydroxyl groups is 1. The van der Waals surface area contributed by atoms with Crippen molar-refractivity contribution in [1.29, 1.82) is 0 Å². The zero-order valence-corrected chi connectivity index (χ0v) is 10.1. The number of hydrogen-bond donors (Lipinski definition) is 1. The van der Waals surface area contributed by atoms with Crippen LogP contribution in [0.4, 0.5) is 4.39 Å². The fraction of sp³-hybridized carbons (Fsp3) is 0.417. The van der Waals surface area contributed by atoms with Gasteiger partial charge in [-0.3, -0.25) is 0 Å². The van der Waals surface area contributed by atoms with E-state index in [1.807, 2.05) is 6.07 Å². The van der Waals surface area contributed by atoms with Crippen LogP contribution in [0.5, 0.6) is 0 Å². The van der Waals surface area contributed by atoms with Crippen molar-refractivity contribution in [2.24, 2.45) is 13.0 Å². The number of halogens is 1. The van der Waals surface area contributed by atoms with Crippen molar-refractivity contribution >= 4 is 0 Å². The summed E-state index contributed by atoms with van der Waals surface area (Å²) in [4.78, 5) is 1.38. The van der Waals surface area contributed by atoms with Crippen molar-refractivity contribution in [2.45, 2.75) is 12.8 Å². The fourth-order valence-corrected chi connectivity index (χ4v) is 1.86. The highest BCUT2D eigenvalue weighted by Crippen LogP contribution is 2.13. The molecule has 1 heterocycles. The topological polar surface area (TPSA) is 63.8 Å². The van der Waals surface area contributed by atoms with Crippen molar-refractivity contribution in [3.63, 3.8) is 0 Å². The quantitative estimate of drug-likeness (QED) is 0.850. The maximum absolute atomic E-state index is 13.1. The monoisotopic (exact) mass is 250 g/mol. The van der Waals surface area contributed by atoms with Crippen LogP contribution in [0.2, 0.25) is 0 Å². The Morgan fingerprint density at radius 3 is 2.83 bits per heavy atom. The van der Waals surface area contributed by atoms with E-state index < -0.39 is 0 Å².